The van der Waals surface area contributed by atoms with Crippen LogP contribution in [0.5, 0.6) is 5.75 Å². The van der Waals surface area contributed by atoms with Crippen molar-refractivity contribution in [3.8, 4) is 5.75 Å². The molecule has 0 aliphatic heterocycles. The molecule has 0 unspecified atom stereocenters. The molecule has 24 heavy (non-hydrogen) atoms. The van der Waals surface area contributed by atoms with Gasteiger partial charge < -0.3 is 8.97 Å². The van der Waals surface area contributed by atoms with Gasteiger partial charge in [-0.3, -0.25) is 0 Å². The average molecular weight is 376 g/mol. The second-order valence-electron chi connectivity index (χ2n) is 7.64. The first kappa shape index (κ1) is 18.8. The maximum Gasteiger partial charge on any atom is 0.235 e. The van der Waals surface area contributed by atoms with Gasteiger partial charge in [-0.15, -0.1) is 0 Å². The van der Waals surface area contributed by atoms with Crippen molar-refractivity contribution in [2.75, 3.05) is 4.23 Å². The van der Waals surface area contributed by atoms with Crippen LogP contribution in [-0.4, -0.2) is 31.5 Å². The molecule has 0 N–H and O–H groups in total. The van der Waals surface area contributed by atoms with Crippen molar-refractivity contribution in [1.82, 2.24) is 9.97 Å². The smallest absolute Gasteiger partial charge is 0.235 e. The molecule has 1 aromatic carbocycles. The van der Waals surface area contributed by atoms with Gasteiger partial charge in [0.15, 0.2) is 0 Å². The molecule has 128 valence electrons. The fourth-order valence-electron chi connectivity index (χ4n) is 2.96. The first-order valence-electron chi connectivity index (χ1n) is 7.98. The van der Waals surface area contributed by atoms with E-state index in [9.17, 15) is 0 Å². The number of para-hydroxylation sites is 1. The fourth-order valence-corrected chi connectivity index (χ4v) is 13.0. The summed E-state index contributed by atoms with van der Waals surface area (Å²) in [6.07, 6.45) is 3.75. The van der Waals surface area contributed by atoms with E-state index in [4.69, 9.17) is 17.0 Å². The van der Waals surface area contributed by atoms with Crippen molar-refractivity contribution in [3.05, 3.63) is 48.5 Å². The summed E-state index contributed by atoms with van der Waals surface area (Å²) >= 11 is 5.31. The van der Waals surface area contributed by atoms with Crippen molar-refractivity contribution in [2.24, 2.45) is 0 Å². The lowest BCUT2D eigenvalue weighted by atomic mass is 10.3. The Balaban J connectivity index is 2.22. The molecule has 0 amide bonds. The third kappa shape index (κ3) is 4.72. The Kier molecular flexibility index (Phi) is 5.57. The van der Waals surface area contributed by atoms with Crippen LogP contribution < -0.4 is 8.97 Å². The number of nitrogens with zero attached hydrogens (tertiary/aromatic N) is 3. The van der Waals surface area contributed by atoms with Gasteiger partial charge in [0.2, 0.25) is 10.9 Å². The predicted molar refractivity (Wildman–Crippen MR) is 110 cm³/mol. The molecule has 0 saturated carbocycles. The molecule has 0 spiro atoms. The van der Waals surface area contributed by atoms with Crippen LogP contribution >= 0.6 is 12.2 Å². The van der Waals surface area contributed by atoms with Gasteiger partial charge in [-0.1, -0.05) is 57.5 Å². The van der Waals surface area contributed by atoms with Gasteiger partial charge in [-0.05, 0) is 24.4 Å². The lowest BCUT2D eigenvalue weighted by Gasteiger charge is -2.45. The number of thiocarbonyl (C=S) groups is 1. The lowest BCUT2D eigenvalue weighted by molar-refractivity contribution is 0.561. The third-order valence-corrected chi connectivity index (χ3v) is 10.9. The zero-order chi connectivity index (χ0) is 18.0. The summed E-state index contributed by atoms with van der Waals surface area (Å²) in [5, 5.41) is 0.292. The van der Waals surface area contributed by atoms with Crippen LogP contribution in [0.1, 0.15) is 5.82 Å². The number of hydrogen-bond acceptors (Lipinski definition) is 5. The first-order valence-corrected chi connectivity index (χ1v) is 15.3. The summed E-state index contributed by atoms with van der Waals surface area (Å²) in [5.41, 5.74) is 1.08. The monoisotopic (exact) mass is 375 g/mol. The molecular formula is C17H25N3OSSi2. The minimum Gasteiger partial charge on any atom is -0.442 e. The predicted octanol–water partition coefficient (Wildman–Crippen LogP) is 4.71. The quantitative estimate of drug-likeness (QED) is 0.559. The highest BCUT2D eigenvalue weighted by molar-refractivity contribution is 7.80. The standard InChI is InChI=1S/C17H25N3OSSi2/c1-23(2,3)20(24(4,5)6)14-12-18-16(19-13-14)17(22)21-15-10-8-7-9-11-15/h7-13H,1-6H3. The van der Waals surface area contributed by atoms with Crippen LogP contribution in [0.15, 0.2) is 42.7 Å². The Morgan fingerprint density at radius 3 is 1.88 bits per heavy atom. The molecular weight excluding hydrogens is 350 g/mol. The van der Waals surface area contributed by atoms with Crippen LogP contribution in [0, 0.1) is 0 Å². The van der Waals surface area contributed by atoms with E-state index in [2.05, 4.69) is 53.5 Å². The van der Waals surface area contributed by atoms with Crippen molar-refractivity contribution < 1.29 is 4.74 Å². The molecule has 1 aromatic heterocycles. The van der Waals surface area contributed by atoms with Crippen LogP contribution in [0.25, 0.3) is 0 Å². The van der Waals surface area contributed by atoms with Gasteiger partial charge in [0.25, 0.3) is 0 Å². The van der Waals surface area contributed by atoms with Gasteiger partial charge in [-0.2, -0.15) is 0 Å². The summed E-state index contributed by atoms with van der Waals surface area (Å²) in [6.45, 7) is 14.1. The average Bonchev–Trinajstić information content (AvgIpc) is 2.46. The number of anilines is 1. The molecule has 0 aliphatic carbocycles. The van der Waals surface area contributed by atoms with Crippen molar-refractivity contribution >= 4 is 39.4 Å². The van der Waals surface area contributed by atoms with Gasteiger partial charge >= 0.3 is 0 Å². The molecule has 0 aliphatic rings. The minimum absolute atomic E-state index is 0.292. The maximum absolute atomic E-state index is 5.65. The summed E-state index contributed by atoms with van der Waals surface area (Å²) in [6, 6.07) is 9.46. The molecule has 0 radical (unpaired) electrons. The summed E-state index contributed by atoms with van der Waals surface area (Å²) in [7, 11) is -3.03. The van der Waals surface area contributed by atoms with Crippen molar-refractivity contribution in [1.29, 1.82) is 0 Å². The second kappa shape index (κ2) is 7.12. The number of benzene rings is 1. The highest BCUT2D eigenvalue weighted by Gasteiger charge is 2.35. The number of rotatable bonds is 5. The fraction of sp³-hybridized carbons (Fsp3) is 0.353. The topological polar surface area (TPSA) is 38.2 Å². The molecule has 2 rings (SSSR count). The van der Waals surface area contributed by atoms with Gasteiger partial charge in [0.1, 0.15) is 22.2 Å². The third-order valence-electron chi connectivity index (χ3n) is 3.37. The molecule has 0 bridgehead atoms. The van der Waals surface area contributed by atoms with E-state index in [-0.39, 0.29) is 0 Å². The van der Waals surface area contributed by atoms with E-state index in [0.717, 1.165) is 5.69 Å². The summed E-state index contributed by atoms with van der Waals surface area (Å²) in [4.78, 5) is 8.90. The molecule has 0 fully saturated rings. The van der Waals surface area contributed by atoms with E-state index in [1.807, 2.05) is 42.7 Å². The largest absolute Gasteiger partial charge is 0.442 e. The summed E-state index contributed by atoms with van der Waals surface area (Å²) < 4.78 is 8.22. The maximum atomic E-state index is 5.65. The number of ether oxygens (including phenoxy) is 1. The highest BCUT2D eigenvalue weighted by atomic mass is 32.1. The molecule has 4 nitrogen and oxygen atoms in total. The van der Waals surface area contributed by atoms with Crippen molar-refractivity contribution in [3.63, 3.8) is 0 Å². The van der Waals surface area contributed by atoms with Gasteiger partial charge in [-0.25, -0.2) is 9.97 Å². The van der Waals surface area contributed by atoms with Crippen LogP contribution in [0.4, 0.5) is 5.69 Å². The Morgan fingerprint density at radius 2 is 1.42 bits per heavy atom. The van der Waals surface area contributed by atoms with Crippen LogP contribution in [-0.2, 0) is 0 Å². The molecule has 2 aromatic rings. The van der Waals surface area contributed by atoms with Crippen LogP contribution in [0.3, 0.4) is 0 Å². The molecule has 1 heterocycles. The highest BCUT2D eigenvalue weighted by Crippen LogP contribution is 2.27. The van der Waals surface area contributed by atoms with E-state index in [0.29, 0.717) is 16.6 Å². The van der Waals surface area contributed by atoms with E-state index in [1.165, 1.54) is 0 Å². The molecule has 7 heteroatoms. The normalized spacial score (nSPS) is 11.9. The van der Waals surface area contributed by atoms with E-state index in [1.54, 1.807) is 0 Å². The van der Waals surface area contributed by atoms with Gasteiger partial charge in [0, 0.05) is 0 Å². The molecule has 0 saturated heterocycles. The number of aromatic nitrogens is 2. The SMILES string of the molecule is C[Si](C)(C)N(c1cnc(C(=S)Oc2ccccc2)nc1)[Si](C)(C)C. The Hall–Kier alpha value is -1.58. The van der Waals surface area contributed by atoms with Crippen LogP contribution in [0.2, 0.25) is 39.3 Å². The zero-order valence-electron chi connectivity index (χ0n) is 15.2. The lowest BCUT2D eigenvalue weighted by Crippen LogP contribution is -2.59. The molecule has 0 atom stereocenters. The minimum atomic E-state index is -1.52. The van der Waals surface area contributed by atoms with Gasteiger partial charge in [0.05, 0.1) is 18.1 Å². The van der Waals surface area contributed by atoms with E-state index < -0.39 is 16.5 Å². The van der Waals surface area contributed by atoms with E-state index >= 15 is 0 Å². The Morgan fingerprint density at radius 1 is 0.917 bits per heavy atom. The van der Waals surface area contributed by atoms with Crippen molar-refractivity contribution in [2.45, 2.75) is 39.3 Å². The summed E-state index contributed by atoms with van der Waals surface area (Å²) in [5.74, 6) is 1.14. The Bertz CT molecular complexity index is 681. The second-order valence-corrected chi connectivity index (χ2v) is 18.0. The zero-order valence-corrected chi connectivity index (χ0v) is 18.0. The number of hydrogen-bond donors (Lipinski definition) is 0. The Labute approximate surface area is 152 Å². The first-order chi connectivity index (χ1) is 11.1.